The van der Waals surface area contributed by atoms with Crippen molar-refractivity contribution in [3.05, 3.63) is 12.0 Å². The zero-order chi connectivity index (χ0) is 9.15. The standard InChI is InChI=1S/C7H14O3S/c1-5-10-11(4,9,6-2)7(3)8/h6H,2,5H2,1,3-4H3. The van der Waals surface area contributed by atoms with E-state index in [1.54, 1.807) is 6.92 Å². The van der Waals surface area contributed by atoms with Gasteiger partial charge in [-0.1, -0.05) is 6.58 Å². The second-order valence-corrected chi connectivity index (χ2v) is 6.16. The van der Waals surface area contributed by atoms with Crippen molar-refractivity contribution in [1.29, 1.82) is 0 Å². The lowest BCUT2D eigenvalue weighted by atomic mass is 10.9. The van der Waals surface area contributed by atoms with Crippen molar-refractivity contribution in [3.8, 4) is 0 Å². The average Bonchev–Trinajstić information content (AvgIpc) is 1.88. The fraction of sp³-hybridized carbons (Fsp3) is 0.571. The Hall–Kier alpha value is -0.480. The Morgan fingerprint density at radius 3 is 2.27 bits per heavy atom. The van der Waals surface area contributed by atoms with Crippen molar-refractivity contribution in [2.75, 3.05) is 12.9 Å². The molecule has 0 saturated heterocycles. The lowest BCUT2D eigenvalue weighted by molar-refractivity contribution is -0.110. The van der Waals surface area contributed by atoms with Crippen LogP contribution in [0.25, 0.3) is 0 Å². The minimum Gasteiger partial charge on any atom is -0.278 e. The van der Waals surface area contributed by atoms with E-state index in [-0.39, 0.29) is 6.61 Å². The van der Waals surface area contributed by atoms with Crippen LogP contribution in [0.2, 0.25) is 0 Å². The lowest BCUT2D eigenvalue weighted by Gasteiger charge is -2.37. The lowest BCUT2D eigenvalue weighted by Crippen LogP contribution is -2.38. The minimum atomic E-state index is -3.64. The molecule has 0 aliphatic heterocycles. The van der Waals surface area contributed by atoms with Crippen LogP contribution in [0.15, 0.2) is 12.0 Å². The van der Waals surface area contributed by atoms with Crippen LogP contribution in [0.4, 0.5) is 0 Å². The fourth-order valence-corrected chi connectivity index (χ4v) is 1.62. The van der Waals surface area contributed by atoms with Crippen LogP contribution >= 0.6 is 0 Å². The first-order valence-corrected chi connectivity index (χ1v) is 5.65. The molecule has 0 fully saturated rings. The summed E-state index contributed by atoms with van der Waals surface area (Å²) >= 11 is 0. The number of hydrogen-bond donors (Lipinski definition) is 0. The molecule has 3 nitrogen and oxygen atoms in total. The van der Waals surface area contributed by atoms with E-state index in [0.29, 0.717) is 0 Å². The number of carbonyl (C=O) groups is 1. The van der Waals surface area contributed by atoms with Gasteiger partial charge in [0.1, 0.15) is 0 Å². The molecule has 4 heteroatoms. The summed E-state index contributed by atoms with van der Waals surface area (Å²) in [5.74, 6) is 0. The predicted octanol–water partition coefficient (Wildman–Crippen LogP) is 1.08. The summed E-state index contributed by atoms with van der Waals surface area (Å²) in [6.07, 6.45) is 1.29. The third-order valence-corrected chi connectivity index (χ3v) is 4.45. The molecule has 0 aliphatic carbocycles. The molecule has 0 aliphatic rings. The van der Waals surface area contributed by atoms with Crippen molar-refractivity contribution in [3.63, 3.8) is 0 Å². The Labute approximate surface area is 67.0 Å². The van der Waals surface area contributed by atoms with Crippen molar-refractivity contribution in [2.45, 2.75) is 13.8 Å². The van der Waals surface area contributed by atoms with Gasteiger partial charge in [-0.15, -0.1) is 9.35 Å². The monoisotopic (exact) mass is 178 g/mol. The van der Waals surface area contributed by atoms with Crippen molar-refractivity contribution < 1.29 is 13.2 Å². The van der Waals surface area contributed by atoms with Gasteiger partial charge >= 0.3 is 0 Å². The van der Waals surface area contributed by atoms with E-state index < -0.39 is 14.5 Å². The maximum Gasteiger partial charge on any atom is 0.236 e. The second kappa shape index (κ2) is 2.87. The Balaban J connectivity index is 4.98. The summed E-state index contributed by atoms with van der Waals surface area (Å²) in [6.45, 7) is 6.50. The van der Waals surface area contributed by atoms with Crippen LogP contribution in [0, 0.1) is 0 Å². The summed E-state index contributed by atoms with van der Waals surface area (Å²) < 4.78 is 16.7. The quantitative estimate of drug-likeness (QED) is 0.649. The minimum absolute atomic E-state index is 0.244. The normalized spacial score (nSPS) is 15.0. The molecule has 0 rings (SSSR count). The average molecular weight is 178 g/mol. The molecule has 0 unspecified atom stereocenters. The summed E-state index contributed by atoms with van der Waals surface area (Å²) in [4.78, 5) is 10.9. The van der Waals surface area contributed by atoms with Crippen LogP contribution < -0.4 is 0 Å². The van der Waals surface area contributed by atoms with E-state index in [1.807, 2.05) is 0 Å². The molecule has 0 aromatic rings. The topological polar surface area (TPSA) is 43.4 Å². The molecule has 0 atom stereocenters. The van der Waals surface area contributed by atoms with E-state index >= 15 is 0 Å². The number of hydrogen-bond acceptors (Lipinski definition) is 3. The zero-order valence-corrected chi connectivity index (χ0v) is 7.94. The van der Waals surface area contributed by atoms with E-state index in [0.717, 1.165) is 5.41 Å². The van der Waals surface area contributed by atoms with Gasteiger partial charge in [0.05, 0.1) is 6.61 Å². The summed E-state index contributed by atoms with van der Waals surface area (Å²) in [5, 5.41) is 0.627. The fourth-order valence-electron chi connectivity index (χ4n) is 0.541. The maximum atomic E-state index is 11.8. The Morgan fingerprint density at radius 2 is 2.18 bits per heavy atom. The van der Waals surface area contributed by atoms with Crippen LogP contribution in [0.3, 0.4) is 0 Å². The highest BCUT2D eigenvalue weighted by atomic mass is 32.3. The van der Waals surface area contributed by atoms with Gasteiger partial charge in [0, 0.05) is 18.6 Å². The summed E-state index contributed by atoms with van der Waals surface area (Å²) in [6, 6.07) is 0. The molecule has 0 spiro atoms. The Morgan fingerprint density at radius 1 is 1.73 bits per heavy atom. The van der Waals surface area contributed by atoms with Crippen molar-refractivity contribution in [2.24, 2.45) is 0 Å². The summed E-state index contributed by atoms with van der Waals surface area (Å²) in [7, 11) is -3.64. The van der Waals surface area contributed by atoms with Gasteiger partial charge in [-0.05, 0) is 6.92 Å². The van der Waals surface area contributed by atoms with Gasteiger partial charge < -0.3 is 0 Å². The largest absolute Gasteiger partial charge is 0.278 e. The number of rotatable bonds is 3. The second-order valence-electron chi connectivity index (χ2n) is 2.38. The van der Waals surface area contributed by atoms with Crippen LogP contribution in [0.5, 0.6) is 0 Å². The molecule has 0 radical (unpaired) electrons. The van der Waals surface area contributed by atoms with E-state index in [1.165, 1.54) is 13.2 Å². The maximum absolute atomic E-state index is 11.8. The third-order valence-electron chi connectivity index (χ3n) is 1.48. The third kappa shape index (κ3) is 1.97. The molecule has 0 bridgehead atoms. The van der Waals surface area contributed by atoms with Gasteiger partial charge in [0.2, 0.25) is 5.12 Å². The van der Waals surface area contributed by atoms with E-state index in [9.17, 15) is 9.00 Å². The highest BCUT2D eigenvalue weighted by Gasteiger charge is 2.27. The molecular weight excluding hydrogens is 164 g/mol. The number of carbonyl (C=O) groups excluding carboxylic acids is 1. The zero-order valence-electron chi connectivity index (χ0n) is 7.12. The molecule has 0 saturated carbocycles. The highest BCUT2D eigenvalue weighted by Crippen LogP contribution is 2.25. The van der Waals surface area contributed by atoms with Gasteiger partial charge in [0.25, 0.3) is 0 Å². The predicted molar refractivity (Wildman–Crippen MR) is 46.6 cm³/mol. The first-order chi connectivity index (χ1) is 4.85. The smallest absolute Gasteiger partial charge is 0.236 e. The Bertz CT molecular complexity index is 244. The van der Waals surface area contributed by atoms with Gasteiger partial charge in [-0.25, -0.2) is 0 Å². The molecule has 0 heterocycles. The SMILES string of the molecule is C=CS(C)(=O)(OCC)C(C)=O. The molecule has 66 valence electrons. The first-order valence-electron chi connectivity index (χ1n) is 3.29. The molecule has 0 amide bonds. The van der Waals surface area contributed by atoms with Crippen LogP contribution in [0.1, 0.15) is 13.8 Å². The van der Waals surface area contributed by atoms with E-state index in [2.05, 4.69) is 6.58 Å². The summed E-state index contributed by atoms with van der Waals surface area (Å²) in [5.41, 5.74) is 0. The van der Waals surface area contributed by atoms with Gasteiger partial charge in [-0.2, -0.15) is 4.21 Å². The molecule has 0 aromatic heterocycles. The molecule has 0 aromatic carbocycles. The van der Waals surface area contributed by atoms with Crippen molar-refractivity contribution in [1.82, 2.24) is 0 Å². The van der Waals surface area contributed by atoms with Gasteiger partial charge in [0.15, 0.2) is 0 Å². The van der Waals surface area contributed by atoms with Crippen LogP contribution in [-0.2, 0) is 18.3 Å². The Kier molecular flexibility index (Phi) is 2.74. The highest BCUT2D eigenvalue weighted by molar-refractivity contribution is 8.30. The van der Waals surface area contributed by atoms with Crippen LogP contribution in [-0.4, -0.2) is 22.2 Å². The first kappa shape index (κ1) is 10.5. The van der Waals surface area contributed by atoms with Crippen molar-refractivity contribution >= 4 is 14.5 Å². The molecular formula is C7H14O3S. The molecule has 0 N–H and O–H groups in total. The van der Waals surface area contributed by atoms with E-state index in [4.69, 9.17) is 4.18 Å². The van der Waals surface area contributed by atoms with Gasteiger partial charge in [-0.3, -0.25) is 8.98 Å². The molecule has 11 heavy (non-hydrogen) atoms.